The van der Waals surface area contributed by atoms with Crippen molar-refractivity contribution in [2.45, 2.75) is 38.9 Å². The van der Waals surface area contributed by atoms with E-state index in [4.69, 9.17) is 4.52 Å². The molecule has 7 nitrogen and oxygen atoms in total. The largest absolute Gasteiger partial charge is 0.361 e. The van der Waals surface area contributed by atoms with Crippen molar-refractivity contribution < 1.29 is 18.9 Å². The van der Waals surface area contributed by atoms with E-state index >= 15 is 0 Å². The van der Waals surface area contributed by atoms with Crippen LogP contribution in [0.2, 0.25) is 0 Å². The number of nitrogens with one attached hydrogen (secondary N) is 1. The van der Waals surface area contributed by atoms with Crippen LogP contribution in [0.5, 0.6) is 0 Å². The fourth-order valence-electron chi connectivity index (χ4n) is 2.90. The fourth-order valence-corrected chi connectivity index (χ4v) is 2.90. The van der Waals surface area contributed by atoms with Crippen molar-refractivity contribution >= 4 is 17.6 Å². The summed E-state index contributed by atoms with van der Waals surface area (Å²) in [6, 6.07) is 10.4. The SMILES string of the molecule is Cc1cc(CNC(=O)C(=O)[C@H]2CCC(=O)N2Cc2ccccc2)no1. The normalized spacial score (nSPS) is 16.9. The number of benzene rings is 1. The molecule has 0 unspecified atom stereocenters. The van der Waals surface area contributed by atoms with Gasteiger partial charge in [-0.05, 0) is 18.9 Å². The lowest BCUT2D eigenvalue weighted by molar-refractivity contribution is -0.143. The second-order valence-corrected chi connectivity index (χ2v) is 6.04. The van der Waals surface area contributed by atoms with Crippen LogP contribution in [0.15, 0.2) is 40.9 Å². The van der Waals surface area contributed by atoms with E-state index in [0.717, 1.165) is 5.56 Å². The molecular weight excluding hydrogens is 322 g/mol. The first-order valence-corrected chi connectivity index (χ1v) is 8.12. The van der Waals surface area contributed by atoms with Crippen LogP contribution in [0.3, 0.4) is 0 Å². The smallest absolute Gasteiger partial charge is 0.289 e. The van der Waals surface area contributed by atoms with E-state index in [9.17, 15) is 14.4 Å². The second kappa shape index (κ2) is 7.29. The van der Waals surface area contributed by atoms with E-state index in [0.29, 0.717) is 24.4 Å². The number of hydrogen-bond donors (Lipinski definition) is 1. The summed E-state index contributed by atoms with van der Waals surface area (Å²) < 4.78 is 4.92. The number of carbonyl (C=O) groups excluding carboxylic acids is 3. The van der Waals surface area contributed by atoms with Gasteiger partial charge in [0, 0.05) is 19.0 Å². The predicted octanol–water partition coefficient (Wildman–Crippen LogP) is 1.36. The number of ketones is 1. The van der Waals surface area contributed by atoms with Gasteiger partial charge in [0.25, 0.3) is 5.91 Å². The molecule has 0 spiro atoms. The van der Waals surface area contributed by atoms with Gasteiger partial charge >= 0.3 is 0 Å². The number of rotatable bonds is 6. The molecule has 1 aromatic carbocycles. The molecule has 1 fully saturated rings. The van der Waals surface area contributed by atoms with Crippen LogP contribution < -0.4 is 5.32 Å². The molecule has 0 radical (unpaired) electrons. The van der Waals surface area contributed by atoms with Crippen LogP contribution in [-0.4, -0.2) is 33.7 Å². The van der Waals surface area contributed by atoms with Crippen molar-refractivity contribution in [3.05, 3.63) is 53.4 Å². The Labute approximate surface area is 145 Å². The fraction of sp³-hybridized carbons (Fsp3) is 0.333. The van der Waals surface area contributed by atoms with Gasteiger partial charge in [-0.1, -0.05) is 35.5 Å². The Hall–Kier alpha value is -2.96. The lowest BCUT2D eigenvalue weighted by atomic mass is 10.1. The third kappa shape index (κ3) is 3.93. The minimum absolute atomic E-state index is 0.109. The van der Waals surface area contributed by atoms with E-state index in [1.807, 2.05) is 30.3 Å². The highest BCUT2D eigenvalue weighted by Gasteiger charge is 2.38. The highest BCUT2D eigenvalue weighted by atomic mass is 16.5. The molecule has 25 heavy (non-hydrogen) atoms. The first-order valence-electron chi connectivity index (χ1n) is 8.12. The molecule has 1 N–H and O–H groups in total. The van der Waals surface area contributed by atoms with Gasteiger partial charge < -0.3 is 14.7 Å². The van der Waals surface area contributed by atoms with Crippen LogP contribution in [0.1, 0.15) is 29.9 Å². The number of likely N-dealkylation sites (tertiary alicyclic amines) is 1. The second-order valence-electron chi connectivity index (χ2n) is 6.04. The maximum absolute atomic E-state index is 12.5. The number of Topliss-reactive ketones (excluding diaryl/α,β-unsaturated/α-hetero) is 1. The first kappa shape index (κ1) is 16.9. The van der Waals surface area contributed by atoms with Crippen molar-refractivity contribution in [2.75, 3.05) is 0 Å². The summed E-state index contributed by atoms with van der Waals surface area (Å²) in [5.41, 5.74) is 1.47. The number of nitrogens with zero attached hydrogens (tertiary/aromatic N) is 2. The summed E-state index contributed by atoms with van der Waals surface area (Å²) in [6.07, 6.45) is 0.639. The van der Waals surface area contributed by atoms with Crippen molar-refractivity contribution in [1.82, 2.24) is 15.4 Å². The predicted molar refractivity (Wildman–Crippen MR) is 88.1 cm³/mol. The molecule has 1 aromatic heterocycles. The lowest BCUT2D eigenvalue weighted by Gasteiger charge is -2.23. The van der Waals surface area contributed by atoms with Crippen LogP contribution in [-0.2, 0) is 27.5 Å². The number of amides is 2. The summed E-state index contributed by atoms with van der Waals surface area (Å²) >= 11 is 0. The standard InChI is InChI=1S/C18H19N3O4/c1-12-9-14(20-25-12)10-19-18(24)17(23)15-7-8-16(22)21(15)11-13-5-3-2-4-6-13/h2-6,9,15H,7-8,10-11H2,1H3,(H,19,24)/t15-/m1/s1. The topological polar surface area (TPSA) is 92.5 Å². The van der Waals surface area contributed by atoms with Gasteiger partial charge in [-0.3, -0.25) is 14.4 Å². The maximum Gasteiger partial charge on any atom is 0.289 e. The van der Waals surface area contributed by atoms with Crippen LogP contribution >= 0.6 is 0 Å². The van der Waals surface area contributed by atoms with Gasteiger partial charge in [0.15, 0.2) is 0 Å². The molecule has 1 atom stereocenters. The van der Waals surface area contributed by atoms with Crippen molar-refractivity contribution in [1.29, 1.82) is 0 Å². The molecular formula is C18H19N3O4. The zero-order valence-corrected chi connectivity index (χ0v) is 13.9. The number of carbonyl (C=O) groups is 3. The third-order valence-electron chi connectivity index (χ3n) is 4.16. The molecule has 2 amide bonds. The van der Waals surface area contributed by atoms with Crippen molar-refractivity contribution in [2.24, 2.45) is 0 Å². The zero-order chi connectivity index (χ0) is 17.8. The molecule has 2 heterocycles. The Morgan fingerprint density at radius 3 is 2.76 bits per heavy atom. The Morgan fingerprint density at radius 2 is 2.08 bits per heavy atom. The average Bonchev–Trinajstić information content (AvgIpc) is 3.19. The molecule has 0 aliphatic carbocycles. The summed E-state index contributed by atoms with van der Waals surface area (Å²) in [7, 11) is 0. The lowest BCUT2D eigenvalue weighted by Crippen LogP contribution is -2.45. The number of hydrogen-bond acceptors (Lipinski definition) is 5. The van der Waals surface area contributed by atoms with Gasteiger partial charge in [-0.2, -0.15) is 0 Å². The molecule has 7 heteroatoms. The highest BCUT2D eigenvalue weighted by molar-refractivity contribution is 6.38. The van der Waals surface area contributed by atoms with Crippen molar-refractivity contribution in [3.8, 4) is 0 Å². The minimum atomic E-state index is -0.716. The Bertz CT molecular complexity index is 785. The quantitative estimate of drug-likeness (QED) is 0.801. The molecule has 1 saturated heterocycles. The van der Waals surface area contributed by atoms with Gasteiger partial charge in [0.05, 0.1) is 6.54 Å². The summed E-state index contributed by atoms with van der Waals surface area (Å²) in [6.45, 7) is 2.18. The molecule has 3 rings (SSSR count). The molecule has 0 bridgehead atoms. The van der Waals surface area contributed by atoms with E-state index in [-0.39, 0.29) is 18.9 Å². The highest BCUT2D eigenvalue weighted by Crippen LogP contribution is 2.22. The number of aryl methyl sites for hydroxylation is 1. The van der Waals surface area contributed by atoms with E-state index < -0.39 is 17.7 Å². The Morgan fingerprint density at radius 1 is 1.32 bits per heavy atom. The Balaban J connectivity index is 1.63. The summed E-state index contributed by atoms with van der Waals surface area (Å²) in [5.74, 6) is -0.784. The van der Waals surface area contributed by atoms with Crippen molar-refractivity contribution in [3.63, 3.8) is 0 Å². The molecule has 1 aliphatic rings. The Kier molecular flexibility index (Phi) is 4.92. The van der Waals surface area contributed by atoms with Crippen LogP contribution in [0.4, 0.5) is 0 Å². The molecule has 1 aliphatic heterocycles. The van der Waals surface area contributed by atoms with Gasteiger partial charge in [0.2, 0.25) is 11.7 Å². The summed E-state index contributed by atoms with van der Waals surface area (Å²) in [4.78, 5) is 38.2. The number of aromatic nitrogens is 1. The molecule has 0 saturated carbocycles. The van der Waals surface area contributed by atoms with E-state index in [2.05, 4.69) is 10.5 Å². The third-order valence-corrected chi connectivity index (χ3v) is 4.16. The monoisotopic (exact) mass is 341 g/mol. The van der Waals surface area contributed by atoms with Gasteiger partial charge in [0.1, 0.15) is 17.5 Å². The first-order chi connectivity index (χ1) is 12.0. The van der Waals surface area contributed by atoms with E-state index in [1.165, 1.54) is 4.90 Å². The average molecular weight is 341 g/mol. The van der Waals surface area contributed by atoms with E-state index in [1.54, 1.807) is 13.0 Å². The van der Waals surface area contributed by atoms with Gasteiger partial charge in [-0.25, -0.2) is 0 Å². The summed E-state index contributed by atoms with van der Waals surface area (Å²) in [5, 5.41) is 6.30. The molecule has 2 aromatic rings. The maximum atomic E-state index is 12.5. The molecule has 130 valence electrons. The zero-order valence-electron chi connectivity index (χ0n) is 13.9. The minimum Gasteiger partial charge on any atom is -0.361 e. The van der Waals surface area contributed by atoms with Crippen LogP contribution in [0.25, 0.3) is 0 Å². The van der Waals surface area contributed by atoms with Crippen LogP contribution in [0, 0.1) is 6.92 Å². The van der Waals surface area contributed by atoms with Gasteiger partial charge in [-0.15, -0.1) is 0 Å².